The molecule has 0 spiro atoms. The predicted molar refractivity (Wildman–Crippen MR) is 126 cm³/mol. The zero-order chi connectivity index (χ0) is 22.5. The summed E-state index contributed by atoms with van der Waals surface area (Å²) >= 11 is 1.74. The number of hydrogen-bond donors (Lipinski definition) is 0. The maximum Gasteiger partial charge on any atom is 0.242 e. The third kappa shape index (κ3) is 5.67. The van der Waals surface area contributed by atoms with Gasteiger partial charge in [-0.1, -0.05) is 38.0 Å². The van der Waals surface area contributed by atoms with E-state index in [0.29, 0.717) is 25.6 Å². The summed E-state index contributed by atoms with van der Waals surface area (Å²) in [6, 6.07) is 8.12. The molecule has 168 valence electrons. The number of thiophene rings is 1. The number of carbonyl (C=O) groups excluding carboxylic acids is 2. The van der Waals surface area contributed by atoms with Gasteiger partial charge in [0.1, 0.15) is 12.4 Å². The molecule has 2 heterocycles. The minimum Gasteiger partial charge on any atom is -0.491 e. The van der Waals surface area contributed by atoms with Crippen molar-refractivity contribution in [1.29, 1.82) is 0 Å². The summed E-state index contributed by atoms with van der Waals surface area (Å²) in [6.45, 7) is 11.7. The van der Waals surface area contributed by atoms with Crippen molar-refractivity contribution in [2.45, 2.75) is 53.5 Å². The second-order valence-electron chi connectivity index (χ2n) is 8.64. The summed E-state index contributed by atoms with van der Waals surface area (Å²) in [6.07, 6.45) is 1.83. The number of aryl methyl sites for hydroxylation is 2. The fourth-order valence-corrected chi connectivity index (χ4v) is 5.00. The quantitative estimate of drug-likeness (QED) is 0.592. The second kappa shape index (κ2) is 10.3. The van der Waals surface area contributed by atoms with Crippen LogP contribution in [0.25, 0.3) is 0 Å². The van der Waals surface area contributed by atoms with Gasteiger partial charge in [0.25, 0.3) is 0 Å². The van der Waals surface area contributed by atoms with E-state index in [0.717, 1.165) is 24.2 Å². The zero-order valence-electron chi connectivity index (χ0n) is 19.3. The summed E-state index contributed by atoms with van der Waals surface area (Å²) in [5, 5.41) is 2.09. The van der Waals surface area contributed by atoms with Crippen molar-refractivity contribution in [3.63, 3.8) is 0 Å². The Morgan fingerprint density at radius 3 is 2.74 bits per heavy atom. The van der Waals surface area contributed by atoms with Gasteiger partial charge < -0.3 is 14.5 Å². The van der Waals surface area contributed by atoms with E-state index in [1.54, 1.807) is 23.2 Å². The average Bonchev–Trinajstić information content (AvgIpc) is 3.21. The summed E-state index contributed by atoms with van der Waals surface area (Å²) in [5.41, 5.74) is 3.46. The number of amides is 2. The number of carbonyl (C=O) groups is 2. The highest BCUT2D eigenvalue weighted by molar-refractivity contribution is 7.10. The SMILES string of the molecule is CC[C@H](C)CN(CC(=O)N1CCc2sccc2[C@H]1COc1ccc(C)cc1C)C(C)=O. The minimum atomic E-state index is -0.138. The molecular weight excluding hydrogens is 408 g/mol. The molecule has 2 amide bonds. The lowest BCUT2D eigenvalue weighted by Crippen LogP contribution is -2.48. The van der Waals surface area contributed by atoms with Crippen LogP contribution in [0.5, 0.6) is 5.75 Å². The van der Waals surface area contributed by atoms with E-state index >= 15 is 0 Å². The molecule has 0 saturated carbocycles. The molecular formula is C25H34N2O3S. The molecule has 1 aromatic heterocycles. The van der Waals surface area contributed by atoms with E-state index in [2.05, 4.69) is 38.3 Å². The molecule has 0 N–H and O–H groups in total. The van der Waals surface area contributed by atoms with Crippen LogP contribution in [0.4, 0.5) is 0 Å². The van der Waals surface area contributed by atoms with Crippen LogP contribution in [-0.4, -0.2) is 47.9 Å². The summed E-state index contributed by atoms with van der Waals surface area (Å²) in [5.74, 6) is 1.15. The van der Waals surface area contributed by atoms with Gasteiger partial charge in [-0.2, -0.15) is 0 Å². The monoisotopic (exact) mass is 442 g/mol. The van der Waals surface area contributed by atoms with Gasteiger partial charge in [-0.15, -0.1) is 11.3 Å². The third-order valence-corrected chi connectivity index (χ3v) is 7.14. The summed E-state index contributed by atoms with van der Waals surface area (Å²) in [7, 11) is 0. The molecule has 1 aromatic carbocycles. The molecule has 2 aromatic rings. The van der Waals surface area contributed by atoms with Crippen molar-refractivity contribution in [1.82, 2.24) is 9.80 Å². The molecule has 0 radical (unpaired) electrons. The molecule has 5 nitrogen and oxygen atoms in total. The largest absolute Gasteiger partial charge is 0.491 e. The topological polar surface area (TPSA) is 49.9 Å². The number of hydrogen-bond acceptors (Lipinski definition) is 4. The summed E-state index contributed by atoms with van der Waals surface area (Å²) in [4.78, 5) is 30.4. The van der Waals surface area contributed by atoms with Crippen molar-refractivity contribution in [3.8, 4) is 5.75 Å². The van der Waals surface area contributed by atoms with E-state index in [9.17, 15) is 9.59 Å². The van der Waals surface area contributed by atoms with Crippen molar-refractivity contribution in [2.24, 2.45) is 5.92 Å². The van der Waals surface area contributed by atoms with Crippen molar-refractivity contribution in [2.75, 3.05) is 26.2 Å². The van der Waals surface area contributed by atoms with Crippen molar-refractivity contribution >= 4 is 23.2 Å². The Morgan fingerprint density at radius 2 is 2.06 bits per heavy atom. The Labute approximate surface area is 190 Å². The number of nitrogens with zero attached hydrogens (tertiary/aromatic N) is 2. The average molecular weight is 443 g/mol. The van der Waals surface area contributed by atoms with E-state index in [4.69, 9.17) is 4.74 Å². The van der Waals surface area contributed by atoms with E-state index < -0.39 is 0 Å². The van der Waals surface area contributed by atoms with E-state index in [1.165, 1.54) is 16.0 Å². The van der Waals surface area contributed by atoms with Crippen LogP contribution in [0.2, 0.25) is 0 Å². The maximum atomic E-state index is 13.3. The first kappa shape index (κ1) is 23.3. The van der Waals surface area contributed by atoms with Gasteiger partial charge in [-0.25, -0.2) is 0 Å². The number of fused-ring (bicyclic) bond motifs is 1. The number of rotatable bonds is 8. The smallest absolute Gasteiger partial charge is 0.242 e. The van der Waals surface area contributed by atoms with Gasteiger partial charge in [-0.05, 0) is 54.8 Å². The van der Waals surface area contributed by atoms with Crippen LogP contribution in [0, 0.1) is 19.8 Å². The zero-order valence-corrected chi connectivity index (χ0v) is 20.1. The van der Waals surface area contributed by atoms with Crippen LogP contribution < -0.4 is 4.74 Å². The first-order valence-corrected chi connectivity index (χ1v) is 12.0. The van der Waals surface area contributed by atoms with Gasteiger partial charge >= 0.3 is 0 Å². The molecule has 0 bridgehead atoms. The molecule has 0 aliphatic carbocycles. The normalized spacial score (nSPS) is 16.5. The van der Waals surface area contributed by atoms with Crippen molar-refractivity contribution in [3.05, 3.63) is 51.2 Å². The van der Waals surface area contributed by atoms with Gasteiger partial charge in [0, 0.05) is 24.9 Å². The van der Waals surface area contributed by atoms with Crippen LogP contribution in [0.1, 0.15) is 54.8 Å². The lowest BCUT2D eigenvalue weighted by molar-refractivity contribution is -0.142. The molecule has 31 heavy (non-hydrogen) atoms. The second-order valence-corrected chi connectivity index (χ2v) is 9.65. The molecule has 1 aliphatic rings. The molecule has 0 saturated heterocycles. The van der Waals surface area contributed by atoms with E-state index in [-0.39, 0.29) is 24.4 Å². The predicted octanol–water partition coefficient (Wildman–Crippen LogP) is 4.76. The Bertz CT molecular complexity index is 923. The molecule has 2 atom stereocenters. The molecule has 0 unspecified atom stereocenters. The molecule has 1 aliphatic heterocycles. The minimum absolute atomic E-state index is 0.00965. The standard InChI is InChI=1S/C25H34N2O3S/c1-6-17(2)14-26(20(5)28)15-25(29)27-11-9-24-21(10-12-31-24)22(27)16-30-23-8-7-18(3)13-19(23)4/h7-8,10,12-13,17,22H,6,9,11,14-16H2,1-5H3/t17-,22+/m0/s1. The van der Waals surface area contributed by atoms with E-state index in [1.807, 2.05) is 24.0 Å². The number of benzene rings is 1. The van der Waals surface area contributed by atoms with Gasteiger partial charge in [0.05, 0.1) is 12.6 Å². The fraction of sp³-hybridized carbons (Fsp3) is 0.520. The lowest BCUT2D eigenvalue weighted by atomic mass is 10.00. The van der Waals surface area contributed by atoms with Crippen molar-refractivity contribution < 1.29 is 14.3 Å². The molecule has 6 heteroatoms. The van der Waals surface area contributed by atoms with Gasteiger partial charge in [0.2, 0.25) is 11.8 Å². The summed E-state index contributed by atoms with van der Waals surface area (Å²) < 4.78 is 6.20. The third-order valence-electron chi connectivity index (χ3n) is 6.14. The van der Waals surface area contributed by atoms with Crippen LogP contribution in [0.3, 0.4) is 0 Å². The maximum absolute atomic E-state index is 13.3. The number of ether oxygens (including phenoxy) is 1. The molecule has 3 rings (SSSR count). The highest BCUT2D eigenvalue weighted by Crippen LogP contribution is 2.34. The highest BCUT2D eigenvalue weighted by atomic mass is 32.1. The van der Waals surface area contributed by atoms with Gasteiger partial charge in [-0.3, -0.25) is 9.59 Å². The molecule has 0 fully saturated rings. The lowest BCUT2D eigenvalue weighted by Gasteiger charge is -2.37. The first-order chi connectivity index (χ1) is 14.8. The van der Waals surface area contributed by atoms with Gasteiger partial charge in [0.15, 0.2) is 0 Å². The van der Waals surface area contributed by atoms with Crippen LogP contribution >= 0.6 is 11.3 Å². The highest BCUT2D eigenvalue weighted by Gasteiger charge is 2.33. The Hall–Kier alpha value is -2.34. The fourth-order valence-electron chi connectivity index (χ4n) is 4.07. The Kier molecular flexibility index (Phi) is 7.76. The Morgan fingerprint density at radius 1 is 1.29 bits per heavy atom. The van der Waals surface area contributed by atoms with Crippen LogP contribution in [0.15, 0.2) is 29.6 Å². The first-order valence-electron chi connectivity index (χ1n) is 11.1. The van der Waals surface area contributed by atoms with Crippen LogP contribution in [-0.2, 0) is 16.0 Å². The Balaban J connectivity index is 1.77.